The molecule has 1 saturated heterocycles. The second kappa shape index (κ2) is 5.87. The molecule has 2 aliphatic rings. The van der Waals surface area contributed by atoms with Gasteiger partial charge in [-0.1, -0.05) is 12.2 Å². The van der Waals surface area contributed by atoms with E-state index in [1.807, 2.05) is 12.2 Å². The van der Waals surface area contributed by atoms with Gasteiger partial charge in [0.05, 0.1) is 12.0 Å². The Labute approximate surface area is 123 Å². The van der Waals surface area contributed by atoms with Crippen molar-refractivity contribution in [1.29, 1.82) is 0 Å². The van der Waals surface area contributed by atoms with E-state index in [0.717, 1.165) is 12.8 Å². The lowest BCUT2D eigenvalue weighted by Gasteiger charge is -2.42. The van der Waals surface area contributed by atoms with Crippen LogP contribution in [0.5, 0.6) is 0 Å². The smallest absolute Gasteiger partial charge is 0.227 e. The minimum atomic E-state index is -1.75. The standard InChI is InChI=1S/C15H23NO5/c1-14(21)11(7-8-17)13(20)16-15(14,9-18)12(19)10-5-3-2-4-6-10/h3,5,9-12,17,19,21H,2,4,6-8H2,1H3,(H,16,20)/t10-,11+,12+,14+,15-/m1/s1. The molecule has 0 bridgehead atoms. The summed E-state index contributed by atoms with van der Waals surface area (Å²) < 4.78 is 0. The van der Waals surface area contributed by atoms with Crippen LogP contribution in [-0.2, 0) is 9.59 Å². The molecule has 4 N–H and O–H groups in total. The van der Waals surface area contributed by atoms with E-state index >= 15 is 0 Å². The average molecular weight is 297 g/mol. The van der Waals surface area contributed by atoms with Crippen molar-refractivity contribution in [1.82, 2.24) is 5.32 Å². The molecule has 0 aromatic rings. The van der Waals surface area contributed by atoms with Gasteiger partial charge < -0.3 is 25.4 Å². The highest BCUT2D eigenvalue weighted by atomic mass is 16.3. The molecule has 6 nitrogen and oxygen atoms in total. The molecule has 0 aromatic heterocycles. The minimum Gasteiger partial charge on any atom is -0.396 e. The Morgan fingerprint density at radius 2 is 2.29 bits per heavy atom. The van der Waals surface area contributed by atoms with Gasteiger partial charge in [-0.15, -0.1) is 0 Å². The van der Waals surface area contributed by atoms with Gasteiger partial charge in [-0.2, -0.15) is 0 Å². The van der Waals surface area contributed by atoms with Crippen molar-refractivity contribution in [3.8, 4) is 0 Å². The Hall–Kier alpha value is -1.24. The fourth-order valence-corrected chi connectivity index (χ4v) is 3.53. The molecule has 1 heterocycles. The lowest BCUT2D eigenvalue weighted by atomic mass is 9.69. The predicted octanol–water partition coefficient (Wildman–Crippen LogP) is -0.479. The average Bonchev–Trinajstić information content (AvgIpc) is 2.68. The molecule has 6 heteroatoms. The first-order valence-electron chi connectivity index (χ1n) is 7.37. The van der Waals surface area contributed by atoms with E-state index < -0.39 is 29.1 Å². The first-order valence-corrected chi connectivity index (χ1v) is 7.37. The summed E-state index contributed by atoms with van der Waals surface area (Å²) in [5.41, 5.74) is -3.49. The summed E-state index contributed by atoms with van der Waals surface area (Å²) in [5.74, 6) is -1.72. The van der Waals surface area contributed by atoms with Gasteiger partial charge in [-0.3, -0.25) is 4.79 Å². The first kappa shape index (κ1) is 16.1. The Balaban J connectivity index is 2.36. The summed E-state index contributed by atoms with van der Waals surface area (Å²) >= 11 is 0. The predicted molar refractivity (Wildman–Crippen MR) is 75.2 cm³/mol. The van der Waals surface area contributed by atoms with Crippen molar-refractivity contribution in [3.63, 3.8) is 0 Å². The quantitative estimate of drug-likeness (QED) is 0.405. The third-order valence-electron chi connectivity index (χ3n) is 4.93. The molecule has 21 heavy (non-hydrogen) atoms. The van der Waals surface area contributed by atoms with Crippen LogP contribution in [0.3, 0.4) is 0 Å². The molecule has 1 fully saturated rings. The van der Waals surface area contributed by atoms with Gasteiger partial charge in [0.15, 0.2) is 11.8 Å². The maximum Gasteiger partial charge on any atom is 0.227 e. The minimum absolute atomic E-state index is 0.0433. The number of aliphatic hydroxyl groups excluding tert-OH is 2. The summed E-state index contributed by atoms with van der Waals surface area (Å²) in [4.78, 5) is 23.8. The lowest BCUT2D eigenvalue weighted by Crippen LogP contribution is -2.67. The number of carbonyl (C=O) groups excluding carboxylic acids is 2. The van der Waals surface area contributed by atoms with E-state index in [1.165, 1.54) is 6.92 Å². The zero-order valence-electron chi connectivity index (χ0n) is 12.2. The van der Waals surface area contributed by atoms with Gasteiger partial charge in [-0.25, -0.2) is 0 Å². The molecule has 118 valence electrons. The van der Waals surface area contributed by atoms with Crippen LogP contribution in [0.4, 0.5) is 0 Å². The zero-order valence-corrected chi connectivity index (χ0v) is 12.2. The van der Waals surface area contributed by atoms with Crippen LogP contribution >= 0.6 is 0 Å². The number of allylic oxidation sites excluding steroid dienone is 1. The molecule has 0 saturated carbocycles. The number of aliphatic hydroxyl groups is 3. The number of hydrogen-bond donors (Lipinski definition) is 4. The number of rotatable bonds is 5. The highest BCUT2D eigenvalue weighted by Gasteiger charge is 2.65. The van der Waals surface area contributed by atoms with Gasteiger partial charge in [0.1, 0.15) is 5.60 Å². The van der Waals surface area contributed by atoms with Gasteiger partial charge in [0.2, 0.25) is 5.91 Å². The van der Waals surface area contributed by atoms with Crippen LogP contribution in [0.15, 0.2) is 12.2 Å². The van der Waals surface area contributed by atoms with E-state index in [2.05, 4.69) is 5.32 Å². The van der Waals surface area contributed by atoms with E-state index in [1.54, 1.807) is 0 Å². The number of hydrogen-bond acceptors (Lipinski definition) is 5. The lowest BCUT2D eigenvalue weighted by molar-refractivity contribution is -0.139. The number of nitrogens with one attached hydrogen (secondary N) is 1. The second-order valence-corrected chi connectivity index (χ2v) is 6.16. The van der Waals surface area contributed by atoms with E-state index in [0.29, 0.717) is 12.7 Å². The van der Waals surface area contributed by atoms with Crippen molar-refractivity contribution in [2.75, 3.05) is 6.61 Å². The van der Waals surface area contributed by atoms with Gasteiger partial charge in [0, 0.05) is 12.5 Å². The Bertz CT molecular complexity index is 447. The molecule has 1 aliphatic carbocycles. The maximum absolute atomic E-state index is 12.1. The molecule has 0 radical (unpaired) electrons. The fourth-order valence-electron chi connectivity index (χ4n) is 3.53. The molecule has 5 atom stereocenters. The van der Waals surface area contributed by atoms with Crippen molar-refractivity contribution in [2.45, 2.75) is 49.9 Å². The van der Waals surface area contributed by atoms with Crippen molar-refractivity contribution < 1.29 is 24.9 Å². The van der Waals surface area contributed by atoms with Crippen LogP contribution in [0.1, 0.15) is 32.6 Å². The third-order valence-corrected chi connectivity index (χ3v) is 4.93. The summed E-state index contributed by atoms with van der Waals surface area (Å²) in [6.45, 7) is 1.10. The molecule has 2 rings (SSSR count). The number of aldehydes is 1. The monoisotopic (exact) mass is 297 g/mol. The van der Waals surface area contributed by atoms with E-state index in [4.69, 9.17) is 5.11 Å². The topological polar surface area (TPSA) is 107 Å². The fraction of sp³-hybridized carbons (Fsp3) is 0.733. The highest BCUT2D eigenvalue weighted by Crippen LogP contribution is 2.42. The van der Waals surface area contributed by atoms with Crippen molar-refractivity contribution >= 4 is 12.2 Å². The summed E-state index contributed by atoms with van der Waals surface area (Å²) in [6, 6.07) is 0. The number of amides is 1. The Kier molecular flexibility index (Phi) is 4.51. The zero-order chi connectivity index (χ0) is 15.7. The largest absolute Gasteiger partial charge is 0.396 e. The highest BCUT2D eigenvalue weighted by molar-refractivity contribution is 5.91. The molecule has 0 spiro atoms. The number of carbonyl (C=O) groups is 2. The van der Waals surface area contributed by atoms with Gasteiger partial charge in [0.25, 0.3) is 0 Å². The third kappa shape index (κ3) is 2.41. The Morgan fingerprint density at radius 3 is 2.81 bits per heavy atom. The van der Waals surface area contributed by atoms with Crippen LogP contribution < -0.4 is 5.32 Å². The van der Waals surface area contributed by atoms with E-state index in [9.17, 15) is 19.8 Å². The summed E-state index contributed by atoms with van der Waals surface area (Å²) in [6.07, 6.45) is 5.57. The maximum atomic E-state index is 12.1. The van der Waals surface area contributed by atoms with Crippen molar-refractivity contribution in [2.24, 2.45) is 11.8 Å². The first-order chi connectivity index (χ1) is 9.90. The van der Waals surface area contributed by atoms with Crippen LogP contribution in [0, 0.1) is 11.8 Å². The normalized spacial score (nSPS) is 40.9. The molecular formula is C15H23NO5. The van der Waals surface area contributed by atoms with Crippen LogP contribution in [-0.4, -0.2) is 51.4 Å². The van der Waals surface area contributed by atoms with Crippen LogP contribution in [0.2, 0.25) is 0 Å². The molecule has 1 aliphatic heterocycles. The molecule has 1 amide bonds. The van der Waals surface area contributed by atoms with Crippen LogP contribution in [0.25, 0.3) is 0 Å². The second-order valence-electron chi connectivity index (χ2n) is 6.16. The van der Waals surface area contributed by atoms with E-state index in [-0.39, 0.29) is 18.9 Å². The Morgan fingerprint density at radius 1 is 1.57 bits per heavy atom. The SMILES string of the molecule is C[C@]1(O)[C@@H](CCO)C(=O)N[C@]1(C=O)[C@@H](O)[C@@H]1C=CCCC1. The van der Waals surface area contributed by atoms with Crippen molar-refractivity contribution in [3.05, 3.63) is 12.2 Å². The summed E-state index contributed by atoms with van der Waals surface area (Å²) in [7, 11) is 0. The molecule has 0 unspecified atom stereocenters. The van der Waals surface area contributed by atoms with Gasteiger partial charge >= 0.3 is 0 Å². The summed E-state index contributed by atoms with van der Waals surface area (Å²) in [5, 5.41) is 32.9. The molecule has 0 aromatic carbocycles. The van der Waals surface area contributed by atoms with Gasteiger partial charge in [-0.05, 0) is 32.6 Å². The molecular weight excluding hydrogens is 274 g/mol.